The summed E-state index contributed by atoms with van der Waals surface area (Å²) in [6.45, 7) is 6.07. The maximum atomic E-state index is 11.7. The van der Waals surface area contributed by atoms with Gasteiger partial charge in [0.15, 0.2) is 0 Å². The largest absolute Gasteiger partial charge is 0.306 e. The van der Waals surface area contributed by atoms with Crippen LogP contribution in [0.2, 0.25) is 0 Å². The van der Waals surface area contributed by atoms with Gasteiger partial charge in [-0.2, -0.15) is 0 Å². The molecule has 0 aliphatic heterocycles. The van der Waals surface area contributed by atoms with Crippen LogP contribution in [0.5, 0.6) is 0 Å². The quantitative estimate of drug-likeness (QED) is 0.921. The second-order valence-electron chi connectivity index (χ2n) is 4.66. The molecule has 0 fully saturated rings. The maximum Gasteiger partial charge on any atom is 0.251 e. The van der Waals surface area contributed by atoms with Gasteiger partial charge in [0.1, 0.15) is 5.82 Å². The molecule has 0 unspecified atom stereocenters. The van der Waals surface area contributed by atoms with Gasteiger partial charge in [0.25, 0.3) is 5.56 Å². The van der Waals surface area contributed by atoms with Gasteiger partial charge in [-0.1, -0.05) is 35.8 Å². The fourth-order valence-corrected chi connectivity index (χ4v) is 2.39. The molecule has 1 aromatic carbocycles. The van der Waals surface area contributed by atoms with Gasteiger partial charge < -0.3 is 4.98 Å². The Labute approximate surface area is 114 Å². The van der Waals surface area contributed by atoms with Crippen molar-refractivity contribution in [1.29, 1.82) is 0 Å². The zero-order chi connectivity index (χ0) is 13.3. The molecule has 94 valence electrons. The third kappa shape index (κ3) is 2.70. The van der Waals surface area contributed by atoms with E-state index in [1.807, 2.05) is 39.0 Å². The van der Waals surface area contributed by atoms with E-state index in [1.54, 1.807) is 6.07 Å². The second-order valence-corrected chi connectivity index (χ2v) is 5.51. The summed E-state index contributed by atoms with van der Waals surface area (Å²) in [7, 11) is 0. The number of nitrogens with one attached hydrogen (secondary N) is 1. The Kier molecular flexibility index (Phi) is 3.66. The van der Waals surface area contributed by atoms with Gasteiger partial charge in [-0.05, 0) is 30.5 Å². The van der Waals surface area contributed by atoms with E-state index in [4.69, 9.17) is 0 Å². The molecule has 1 N–H and O–H groups in total. The zero-order valence-electron chi connectivity index (χ0n) is 10.6. The number of aromatic nitrogens is 2. The van der Waals surface area contributed by atoms with Crippen LogP contribution in [-0.2, 0) is 0 Å². The molecule has 0 atom stereocenters. The van der Waals surface area contributed by atoms with E-state index in [1.165, 1.54) is 0 Å². The van der Waals surface area contributed by atoms with Crippen molar-refractivity contribution in [2.24, 2.45) is 0 Å². The second kappa shape index (κ2) is 5.06. The molecule has 2 rings (SSSR count). The molecule has 18 heavy (non-hydrogen) atoms. The van der Waals surface area contributed by atoms with Crippen LogP contribution in [0, 0.1) is 6.92 Å². The predicted molar refractivity (Wildman–Crippen MR) is 76.8 cm³/mol. The van der Waals surface area contributed by atoms with Crippen molar-refractivity contribution in [3.8, 4) is 11.4 Å². The van der Waals surface area contributed by atoms with Crippen LogP contribution >= 0.6 is 15.9 Å². The van der Waals surface area contributed by atoms with Crippen LogP contribution in [0.3, 0.4) is 0 Å². The monoisotopic (exact) mass is 306 g/mol. The van der Waals surface area contributed by atoms with E-state index in [0.717, 1.165) is 21.3 Å². The van der Waals surface area contributed by atoms with Crippen molar-refractivity contribution in [2.75, 3.05) is 0 Å². The minimum Gasteiger partial charge on any atom is -0.306 e. The molecule has 0 radical (unpaired) electrons. The van der Waals surface area contributed by atoms with Gasteiger partial charge in [-0.25, -0.2) is 4.98 Å². The Morgan fingerprint density at radius 1 is 1.28 bits per heavy atom. The minimum absolute atomic E-state index is 0.115. The lowest BCUT2D eigenvalue weighted by atomic mass is 10.1. The molecule has 1 aromatic heterocycles. The summed E-state index contributed by atoms with van der Waals surface area (Å²) in [5, 5.41) is 0. The maximum absolute atomic E-state index is 11.7. The molecule has 4 heteroatoms. The predicted octanol–water partition coefficient (Wildman–Crippen LogP) is 3.63. The number of aromatic amines is 1. The average molecular weight is 307 g/mol. The summed E-state index contributed by atoms with van der Waals surface area (Å²) in [6, 6.07) is 7.53. The number of benzene rings is 1. The van der Waals surface area contributed by atoms with Crippen molar-refractivity contribution in [3.05, 3.63) is 50.3 Å². The number of H-pyrrole nitrogens is 1. The van der Waals surface area contributed by atoms with E-state index < -0.39 is 0 Å². The van der Waals surface area contributed by atoms with Gasteiger partial charge in [-0.3, -0.25) is 4.79 Å². The summed E-state index contributed by atoms with van der Waals surface area (Å²) in [4.78, 5) is 18.9. The highest BCUT2D eigenvalue weighted by Crippen LogP contribution is 2.26. The number of aryl methyl sites for hydroxylation is 1. The lowest BCUT2D eigenvalue weighted by Gasteiger charge is -2.08. The highest BCUT2D eigenvalue weighted by molar-refractivity contribution is 9.10. The van der Waals surface area contributed by atoms with Crippen LogP contribution in [-0.4, -0.2) is 9.97 Å². The van der Waals surface area contributed by atoms with Gasteiger partial charge in [0.05, 0.1) is 5.69 Å². The van der Waals surface area contributed by atoms with E-state index in [2.05, 4.69) is 25.9 Å². The highest BCUT2D eigenvalue weighted by atomic mass is 79.9. The van der Waals surface area contributed by atoms with Crippen LogP contribution in [0.4, 0.5) is 0 Å². The number of halogens is 1. The molecule has 0 spiro atoms. The number of hydrogen-bond acceptors (Lipinski definition) is 2. The zero-order valence-corrected chi connectivity index (χ0v) is 12.2. The third-order valence-corrected chi connectivity index (χ3v) is 3.39. The Hall–Kier alpha value is -1.42. The summed E-state index contributed by atoms with van der Waals surface area (Å²) in [5.74, 6) is 0.841. The fraction of sp³-hybridized carbons (Fsp3) is 0.286. The number of rotatable bonds is 2. The fourth-order valence-electron chi connectivity index (χ4n) is 1.71. The average Bonchev–Trinajstić information content (AvgIpc) is 2.27. The van der Waals surface area contributed by atoms with Crippen molar-refractivity contribution >= 4 is 15.9 Å². The van der Waals surface area contributed by atoms with Crippen molar-refractivity contribution in [2.45, 2.75) is 26.7 Å². The number of hydrogen-bond donors (Lipinski definition) is 1. The van der Waals surface area contributed by atoms with Crippen molar-refractivity contribution in [1.82, 2.24) is 9.97 Å². The van der Waals surface area contributed by atoms with Crippen molar-refractivity contribution in [3.63, 3.8) is 0 Å². The molecule has 0 aliphatic rings. The molecular weight excluding hydrogens is 292 g/mol. The lowest BCUT2D eigenvalue weighted by molar-refractivity contribution is 0.812. The van der Waals surface area contributed by atoms with Crippen LogP contribution in [0.25, 0.3) is 11.4 Å². The van der Waals surface area contributed by atoms with Crippen LogP contribution in [0.15, 0.2) is 33.5 Å². The molecule has 0 bridgehead atoms. The summed E-state index contributed by atoms with van der Waals surface area (Å²) >= 11 is 3.51. The Bertz CT molecular complexity index is 632. The first-order chi connectivity index (χ1) is 8.47. The smallest absolute Gasteiger partial charge is 0.251 e. The number of nitrogens with zero attached hydrogens (tertiary/aromatic N) is 1. The van der Waals surface area contributed by atoms with E-state index in [0.29, 0.717) is 5.82 Å². The molecule has 0 saturated heterocycles. The van der Waals surface area contributed by atoms with Crippen molar-refractivity contribution < 1.29 is 0 Å². The van der Waals surface area contributed by atoms with Crippen LogP contribution < -0.4 is 5.56 Å². The van der Waals surface area contributed by atoms with Gasteiger partial charge in [0.2, 0.25) is 0 Å². The summed E-state index contributed by atoms with van der Waals surface area (Å²) < 4.78 is 0.937. The van der Waals surface area contributed by atoms with Gasteiger partial charge >= 0.3 is 0 Å². The minimum atomic E-state index is -0.115. The molecular formula is C14H15BrN2O. The lowest BCUT2D eigenvalue weighted by Crippen LogP contribution is -2.11. The molecule has 0 amide bonds. The first-order valence-corrected chi connectivity index (χ1v) is 6.64. The standard InChI is InChI=1S/C14H15BrN2O/c1-8(2)12-7-13(18)17-14(16-12)10-5-4-9(3)6-11(10)15/h4-8H,1-3H3,(H,16,17,18). The van der Waals surface area contributed by atoms with E-state index in [-0.39, 0.29) is 11.5 Å². The topological polar surface area (TPSA) is 45.8 Å². The summed E-state index contributed by atoms with van der Waals surface area (Å²) in [5.41, 5.74) is 2.76. The van der Waals surface area contributed by atoms with E-state index in [9.17, 15) is 4.79 Å². The Morgan fingerprint density at radius 2 is 2.00 bits per heavy atom. The first-order valence-electron chi connectivity index (χ1n) is 5.85. The molecule has 3 nitrogen and oxygen atoms in total. The van der Waals surface area contributed by atoms with Crippen LogP contribution in [0.1, 0.15) is 31.0 Å². The molecule has 0 aliphatic carbocycles. The molecule has 1 heterocycles. The highest BCUT2D eigenvalue weighted by Gasteiger charge is 2.09. The van der Waals surface area contributed by atoms with Gasteiger partial charge in [-0.15, -0.1) is 0 Å². The SMILES string of the molecule is Cc1ccc(-c2nc(C(C)C)cc(=O)[nH]2)c(Br)c1. The summed E-state index contributed by atoms with van der Waals surface area (Å²) in [6.07, 6.45) is 0. The van der Waals surface area contributed by atoms with Gasteiger partial charge in [0, 0.05) is 16.1 Å². The molecule has 2 aromatic rings. The first kappa shape index (κ1) is 13.0. The van der Waals surface area contributed by atoms with E-state index >= 15 is 0 Å². The normalized spacial score (nSPS) is 10.9. The molecule has 0 saturated carbocycles. The Balaban J connectivity index is 2.60. The Morgan fingerprint density at radius 3 is 2.61 bits per heavy atom. The third-order valence-electron chi connectivity index (χ3n) is 2.73.